The minimum absolute atomic E-state index is 0.238. The van der Waals surface area contributed by atoms with Crippen LogP contribution in [0.25, 0.3) is 0 Å². The lowest BCUT2D eigenvalue weighted by atomic mass is 10.0. The molecule has 120 valence electrons. The molecule has 0 radical (unpaired) electrons. The second kappa shape index (κ2) is 9.93. The van der Waals surface area contributed by atoms with E-state index in [-0.39, 0.29) is 6.04 Å². The van der Waals surface area contributed by atoms with E-state index in [0.29, 0.717) is 13.2 Å². The zero-order valence-corrected chi connectivity index (χ0v) is 13.9. The van der Waals surface area contributed by atoms with E-state index >= 15 is 0 Å². The third-order valence-corrected chi connectivity index (χ3v) is 3.70. The van der Waals surface area contributed by atoms with Gasteiger partial charge in [0.15, 0.2) is 0 Å². The van der Waals surface area contributed by atoms with E-state index in [9.17, 15) is 5.11 Å². The molecule has 0 saturated heterocycles. The fraction of sp³-hybridized carbons (Fsp3) is 0.667. The number of aliphatic hydroxyl groups is 1. The Morgan fingerprint density at radius 1 is 1.19 bits per heavy atom. The molecule has 0 fully saturated rings. The largest absolute Gasteiger partial charge is 0.389 e. The van der Waals surface area contributed by atoms with Crippen LogP contribution in [0.15, 0.2) is 24.3 Å². The minimum Gasteiger partial charge on any atom is -0.389 e. The Morgan fingerprint density at radius 3 is 2.57 bits per heavy atom. The zero-order valence-electron chi connectivity index (χ0n) is 13.9. The highest BCUT2D eigenvalue weighted by molar-refractivity contribution is 5.28. The first-order valence-electron chi connectivity index (χ1n) is 8.05. The molecule has 0 amide bonds. The van der Waals surface area contributed by atoms with Crippen molar-refractivity contribution >= 4 is 0 Å². The van der Waals surface area contributed by atoms with E-state index < -0.39 is 6.10 Å². The molecule has 0 heterocycles. The number of aryl methyl sites for hydroxylation is 1. The van der Waals surface area contributed by atoms with Gasteiger partial charge in [0, 0.05) is 19.2 Å². The molecule has 0 spiro atoms. The van der Waals surface area contributed by atoms with E-state index in [4.69, 9.17) is 4.74 Å². The summed E-state index contributed by atoms with van der Waals surface area (Å²) in [7, 11) is 0. The van der Waals surface area contributed by atoms with Crippen molar-refractivity contribution in [2.24, 2.45) is 5.92 Å². The highest BCUT2D eigenvalue weighted by Gasteiger charge is 2.10. The van der Waals surface area contributed by atoms with Gasteiger partial charge in [-0.2, -0.15) is 0 Å². The number of nitrogens with one attached hydrogen (secondary N) is 1. The molecule has 3 nitrogen and oxygen atoms in total. The van der Waals surface area contributed by atoms with Crippen LogP contribution in [0.5, 0.6) is 0 Å². The van der Waals surface area contributed by atoms with Crippen molar-refractivity contribution in [2.45, 2.75) is 52.7 Å². The van der Waals surface area contributed by atoms with E-state index in [1.807, 2.05) is 6.07 Å². The third kappa shape index (κ3) is 7.60. The van der Waals surface area contributed by atoms with Crippen LogP contribution in [0.1, 0.15) is 50.8 Å². The molecule has 1 rings (SSSR count). The summed E-state index contributed by atoms with van der Waals surface area (Å²) in [5.74, 6) is 0.718. The maximum absolute atomic E-state index is 9.94. The van der Waals surface area contributed by atoms with Crippen LogP contribution in [0.4, 0.5) is 0 Å². The average molecular weight is 293 g/mol. The normalized spacial score (nSPS) is 14.4. The van der Waals surface area contributed by atoms with Gasteiger partial charge in [0.1, 0.15) is 0 Å². The molecule has 3 heteroatoms. The van der Waals surface area contributed by atoms with Gasteiger partial charge in [-0.1, -0.05) is 38.1 Å². The third-order valence-electron chi connectivity index (χ3n) is 3.70. The van der Waals surface area contributed by atoms with Crippen LogP contribution >= 0.6 is 0 Å². The van der Waals surface area contributed by atoms with Crippen molar-refractivity contribution in [3.8, 4) is 0 Å². The molecule has 0 saturated carbocycles. The number of aliphatic hydroxyl groups excluding tert-OH is 1. The molecule has 0 aliphatic carbocycles. The number of rotatable bonds is 10. The van der Waals surface area contributed by atoms with Crippen LogP contribution in [-0.2, 0) is 4.74 Å². The maximum atomic E-state index is 9.94. The van der Waals surface area contributed by atoms with E-state index in [2.05, 4.69) is 51.2 Å². The molecule has 0 aliphatic heterocycles. The number of hydrogen-bond donors (Lipinski definition) is 2. The van der Waals surface area contributed by atoms with Crippen molar-refractivity contribution in [1.29, 1.82) is 0 Å². The molecule has 0 bridgehead atoms. The number of benzene rings is 1. The van der Waals surface area contributed by atoms with Gasteiger partial charge >= 0.3 is 0 Å². The van der Waals surface area contributed by atoms with Crippen molar-refractivity contribution in [2.75, 3.05) is 19.8 Å². The van der Waals surface area contributed by atoms with Gasteiger partial charge in [-0.3, -0.25) is 0 Å². The van der Waals surface area contributed by atoms with Crippen LogP contribution < -0.4 is 5.32 Å². The highest BCUT2D eigenvalue weighted by Crippen LogP contribution is 2.16. The number of ether oxygens (including phenoxy) is 1. The standard InChI is InChI=1S/C18H31NO2/c1-14(2)8-7-11-21-13-17(20)12-19-16(4)18-10-6-5-9-15(18)3/h5-6,9-10,14,16-17,19-20H,7-8,11-13H2,1-4H3/t16-,17?/m1/s1. The first-order chi connectivity index (χ1) is 10.0. The van der Waals surface area contributed by atoms with Crippen LogP contribution in [0.3, 0.4) is 0 Å². The average Bonchev–Trinajstić information content (AvgIpc) is 2.44. The van der Waals surface area contributed by atoms with Gasteiger partial charge in [0.25, 0.3) is 0 Å². The van der Waals surface area contributed by atoms with Gasteiger partial charge in [0.2, 0.25) is 0 Å². The molecule has 1 aromatic carbocycles. The molecule has 2 N–H and O–H groups in total. The molecule has 2 atom stereocenters. The smallest absolute Gasteiger partial charge is 0.0897 e. The minimum atomic E-state index is -0.449. The first-order valence-corrected chi connectivity index (χ1v) is 8.05. The quantitative estimate of drug-likeness (QED) is 0.649. The van der Waals surface area contributed by atoms with Gasteiger partial charge in [-0.15, -0.1) is 0 Å². The Kier molecular flexibility index (Phi) is 8.58. The van der Waals surface area contributed by atoms with Crippen LogP contribution in [-0.4, -0.2) is 31.0 Å². The molecule has 21 heavy (non-hydrogen) atoms. The second-order valence-electron chi connectivity index (χ2n) is 6.25. The lowest BCUT2D eigenvalue weighted by molar-refractivity contribution is 0.0337. The first kappa shape index (κ1) is 18.1. The fourth-order valence-corrected chi connectivity index (χ4v) is 2.37. The van der Waals surface area contributed by atoms with Crippen LogP contribution in [0, 0.1) is 12.8 Å². The summed E-state index contributed by atoms with van der Waals surface area (Å²) in [5.41, 5.74) is 2.56. The molecule has 0 aliphatic rings. The van der Waals surface area contributed by atoms with E-state index in [0.717, 1.165) is 18.9 Å². The lowest BCUT2D eigenvalue weighted by Crippen LogP contribution is -2.32. The van der Waals surface area contributed by atoms with Crippen molar-refractivity contribution in [3.05, 3.63) is 35.4 Å². The summed E-state index contributed by atoms with van der Waals surface area (Å²) in [6.07, 6.45) is 1.80. The Morgan fingerprint density at radius 2 is 1.90 bits per heavy atom. The predicted octanol–water partition coefficient (Wildman–Crippen LogP) is 3.46. The van der Waals surface area contributed by atoms with E-state index in [1.165, 1.54) is 17.5 Å². The van der Waals surface area contributed by atoms with Gasteiger partial charge in [-0.25, -0.2) is 0 Å². The highest BCUT2D eigenvalue weighted by atomic mass is 16.5. The van der Waals surface area contributed by atoms with Crippen molar-refractivity contribution < 1.29 is 9.84 Å². The second-order valence-corrected chi connectivity index (χ2v) is 6.25. The van der Waals surface area contributed by atoms with E-state index in [1.54, 1.807) is 0 Å². The number of hydrogen-bond acceptors (Lipinski definition) is 3. The summed E-state index contributed by atoms with van der Waals surface area (Å²) < 4.78 is 5.52. The molecule has 1 aromatic rings. The van der Waals surface area contributed by atoms with Gasteiger partial charge in [0.05, 0.1) is 12.7 Å². The van der Waals surface area contributed by atoms with Crippen LogP contribution in [0.2, 0.25) is 0 Å². The van der Waals surface area contributed by atoms with Gasteiger partial charge < -0.3 is 15.2 Å². The summed E-state index contributed by atoms with van der Waals surface area (Å²) in [4.78, 5) is 0. The SMILES string of the molecule is Cc1ccccc1[C@@H](C)NCC(O)COCCCC(C)C. The summed E-state index contributed by atoms with van der Waals surface area (Å²) in [5, 5.41) is 13.3. The molecule has 0 aromatic heterocycles. The Hall–Kier alpha value is -0.900. The Labute approximate surface area is 129 Å². The predicted molar refractivity (Wildman–Crippen MR) is 88.5 cm³/mol. The summed E-state index contributed by atoms with van der Waals surface area (Å²) in [6, 6.07) is 8.57. The topological polar surface area (TPSA) is 41.5 Å². The van der Waals surface area contributed by atoms with Crippen molar-refractivity contribution in [1.82, 2.24) is 5.32 Å². The van der Waals surface area contributed by atoms with Crippen molar-refractivity contribution in [3.63, 3.8) is 0 Å². The molecular formula is C18H31NO2. The fourth-order valence-electron chi connectivity index (χ4n) is 2.37. The molecule has 1 unspecified atom stereocenters. The molecular weight excluding hydrogens is 262 g/mol. The zero-order chi connectivity index (χ0) is 15.7. The lowest BCUT2D eigenvalue weighted by Gasteiger charge is -2.19. The van der Waals surface area contributed by atoms with Gasteiger partial charge in [-0.05, 0) is 43.7 Å². The summed E-state index contributed by atoms with van der Waals surface area (Å²) in [6.45, 7) is 10.4. The monoisotopic (exact) mass is 293 g/mol. The maximum Gasteiger partial charge on any atom is 0.0897 e. The summed E-state index contributed by atoms with van der Waals surface area (Å²) >= 11 is 0. The Balaban J connectivity index is 2.18. The Bertz CT molecular complexity index is 393.